The Balaban J connectivity index is 2.94. The van der Waals surface area contributed by atoms with Gasteiger partial charge in [0.25, 0.3) is 0 Å². The molecule has 0 spiro atoms. The second kappa shape index (κ2) is 4.56. The van der Waals surface area contributed by atoms with Gasteiger partial charge in [-0.1, -0.05) is 6.07 Å². The van der Waals surface area contributed by atoms with Crippen LogP contribution in [-0.2, 0) is 11.2 Å². The number of rotatable bonds is 4. The predicted molar refractivity (Wildman–Crippen MR) is 52.8 cm³/mol. The van der Waals surface area contributed by atoms with E-state index in [1.807, 2.05) is 0 Å². The van der Waals surface area contributed by atoms with Crippen molar-refractivity contribution in [3.8, 4) is 5.75 Å². The van der Waals surface area contributed by atoms with E-state index in [4.69, 9.17) is 15.9 Å². The standard InChI is InChI=1S/C10H11NO4/c11-9(10(14)15)4-6-1-2-8(13)3-7(6)5-12/h1-3,5,9,13H,4,11H2,(H,14,15). The van der Waals surface area contributed by atoms with Gasteiger partial charge in [-0.2, -0.15) is 0 Å². The fraction of sp³-hybridized carbons (Fsp3) is 0.200. The normalized spacial score (nSPS) is 12.1. The van der Waals surface area contributed by atoms with Crippen LogP contribution in [0.3, 0.4) is 0 Å². The lowest BCUT2D eigenvalue weighted by Crippen LogP contribution is -2.32. The summed E-state index contributed by atoms with van der Waals surface area (Å²) in [6, 6.07) is 3.10. The van der Waals surface area contributed by atoms with Gasteiger partial charge in [0, 0.05) is 5.56 Å². The van der Waals surface area contributed by atoms with Crippen molar-refractivity contribution in [2.24, 2.45) is 5.73 Å². The summed E-state index contributed by atoms with van der Waals surface area (Å²) in [6.07, 6.45) is 0.618. The number of carbonyl (C=O) groups excluding carboxylic acids is 1. The topological polar surface area (TPSA) is 101 Å². The van der Waals surface area contributed by atoms with E-state index in [0.717, 1.165) is 0 Å². The number of phenols is 1. The molecule has 1 unspecified atom stereocenters. The molecule has 1 aromatic rings. The third-order valence-corrected chi connectivity index (χ3v) is 2.01. The van der Waals surface area contributed by atoms with Gasteiger partial charge in [0.15, 0.2) is 0 Å². The van der Waals surface area contributed by atoms with Crippen LogP contribution in [0.1, 0.15) is 15.9 Å². The second-order valence-electron chi connectivity index (χ2n) is 3.15. The zero-order valence-electron chi connectivity index (χ0n) is 7.88. The number of aldehydes is 1. The first-order chi connectivity index (χ1) is 7.04. The molecule has 0 fully saturated rings. The van der Waals surface area contributed by atoms with Crippen LogP contribution in [0.5, 0.6) is 5.75 Å². The molecule has 5 nitrogen and oxygen atoms in total. The fourth-order valence-electron chi connectivity index (χ4n) is 1.20. The van der Waals surface area contributed by atoms with Crippen molar-refractivity contribution in [1.29, 1.82) is 0 Å². The number of nitrogens with two attached hydrogens (primary N) is 1. The smallest absolute Gasteiger partial charge is 0.320 e. The summed E-state index contributed by atoms with van der Waals surface area (Å²) in [7, 11) is 0. The summed E-state index contributed by atoms with van der Waals surface area (Å²) >= 11 is 0. The molecule has 0 aromatic heterocycles. The number of hydrogen-bond acceptors (Lipinski definition) is 4. The first kappa shape index (κ1) is 11.2. The van der Waals surface area contributed by atoms with Gasteiger partial charge in [-0.15, -0.1) is 0 Å². The third-order valence-electron chi connectivity index (χ3n) is 2.01. The molecule has 0 radical (unpaired) electrons. The van der Waals surface area contributed by atoms with Crippen LogP contribution in [0.15, 0.2) is 18.2 Å². The highest BCUT2D eigenvalue weighted by Crippen LogP contribution is 2.16. The van der Waals surface area contributed by atoms with Crippen molar-refractivity contribution >= 4 is 12.3 Å². The van der Waals surface area contributed by atoms with E-state index in [2.05, 4.69) is 0 Å². The third kappa shape index (κ3) is 2.78. The van der Waals surface area contributed by atoms with E-state index in [9.17, 15) is 9.59 Å². The minimum atomic E-state index is -1.13. The first-order valence-electron chi connectivity index (χ1n) is 4.30. The van der Waals surface area contributed by atoms with Crippen LogP contribution < -0.4 is 5.73 Å². The summed E-state index contributed by atoms with van der Waals surface area (Å²) < 4.78 is 0. The number of carboxylic acids is 1. The van der Waals surface area contributed by atoms with Crippen molar-refractivity contribution in [2.75, 3.05) is 0 Å². The van der Waals surface area contributed by atoms with Crippen molar-refractivity contribution < 1.29 is 19.8 Å². The van der Waals surface area contributed by atoms with Crippen LogP contribution in [0.4, 0.5) is 0 Å². The first-order valence-corrected chi connectivity index (χ1v) is 4.30. The summed E-state index contributed by atoms with van der Waals surface area (Å²) in [5.74, 6) is -1.16. The van der Waals surface area contributed by atoms with E-state index < -0.39 is 12.0 Å². The molecule has 0 amide bonds. The molecule has 5 heteroatoms. The van der Waals surface area contributed by atoms with Gasteiger partial charge in [-0.3, -0.25) is 9.59 Å². The highest BCUT2D eigenvalue weighted by Gasteiger charge is 2.14. The molecule has 1 aromatic carbocycles. The molecule has 0 aliphatic rings. The summed E-state index contributed by atoms with van der Waals surface area (Å²) in [5.41, 5.74) is 6.10. The van der Waals surface area contributed by atoms with E-state index >= 15 is 0 Å². The highest BCUT2D eigenvalue weighted by atomic mass is 16.4. The lowest BCUT2D eigenvalue weighted by molar-refractivity contribution is -0.138. The van der Waals surface area contributed by atoms with Gasteiger partial charge in [-0.05, 0) is 24.1 Å². The lowest BCUT2D eigenvalue weighted by atomic mass is 10.0. The van der Waals surface area contributed by atoms with Crippen molar-refractivity contribution in [2.45, 2.75) is 12.5 Å². The number of aliphatic carboxylic acids is 1. The molecule has 0 saturated heterocycles. The lowest BCUT2D eigenvalue weighted by Gasteiger charge is -2.08. The number of aromatic hydroxyl groups is 1. The molecule has 1 atom stereocenters. The predicted octanol–water partition coefficient (Wildman–Crippen LogP) is 0.159. The monoisotopic (exact) mass is 209 g/mol. The van der Waals surface area contributed by atoms with E-state index in [1.54, 1.807) is 0 Å². The van der Waals surface area contributed by atoms with Crippen LogP contribution in [0.2, 0.25) is 0 Å². The Hall–Kier alpha value is -1.88. The average molecular weight is 209 g/mol. The Kier molecular flexibility index (Phi) is 3.41. The number of carboxylic acid groups (broad SMARTS) is 1. The molecule has 0 aliphatic carbocycles. The summed E-state index contributed by atoms with van der Waals surface area (Å²) in [6.45, 7) is 0. The maximum absolute atomic E-state index is 10.6. The van der Waals surface area contributed by atoms with Crippen molar-refractivity contribution in [3.63, 3.8) is 0 Å². The Labute approximate surface area is 86.1 Å². The Morgan fingerprint density at radius 1 is 1.53 bits per heavy atom. The molecule has 0 heterocycles. The van der Waals surface area contributed by atoms with E-state index in [-0.39, 0.29) is 17.7 Å². The molecular formula is C10H11NO4. The maximum atomic E-state index is 10.6. The zero-order valence-corrected chi connectivity index (χ0v) is 7.88. The second-order valence-corrected chi connectivity index (χ2v) is 3.15. The minimum Gasteiger partial charge on any atom is -0.508 e. The number of carbonyl (C=O) groups is 2. The maximum Gasteiger partial charge on any atom is 0.320 e. The zero-order chi connectivity index (χ0) is 11.4. The quantitative estimate of drug-likeness (QED) is 0.613. The highest BCUT2D eigenvalue weighted by molar-refractivity contribution is 5.79. The average Bonchev–Trinajstić information content (AvgIpc) is 2.20. The van der Waals surface area contributed by atoms with Crippen LogP contribution in [0.25, 0.3) is 0 Å². The molecule has 0 aliphatic heterocycles. The molecule has 1 rings (SSSR count). The van der Waals surface area contributed by atoms with Gasteiger partial charge >= 0.3 is 5.97 Å². The Bertz CT molecular complexity index is 389. The van der Waals surface area contributed by atoms with Crippen molar-refractivity contribution in [1.82, 2.24) is 0 Å². The summed E-state index contributed by atoms with van der Waals surface area (Å²) in [4.78, 5) is 21.1. The largest absolute Gasteiger partial charge is 0.508 e. The number of benzene rings is 1. The van der Waals surface area contributed by atoms with Gasteiger partial charge in [0.1, 0.15) is 18.1 Å². The van der Waals surface area contributed by atoms with Gasteiger partial charge < -0.3 is 15.9 Å². The molecular weight excluding hydrogens is 198 g/mol. The summed E-state index contributed by atoms with van der Waals surface area (Å²) in [5, 5.41) is 17.7. The van der Waals surface area contributed by atoms with Crippen molar-refractivity contribution in [3.05, 3.63) is 29.3 Å². The SMILES string of the molecule is NC(Cc1ccc(O)cc1C=O)C(=O)O. The molecule has 0 bridgehead atoms. The molecule has 0 saturated carbocycles. The minimum absolute atomic E-state index is 0.0373. The Morgan fingerprint density at radius 2 is 2.20 bits per heavy atom. The van der Waals surface area contributed by atoms with Crippen LogP contribution >= 0.6 is 0 Å². The van der Waals surface area contributed by atoms with Gasteiger partial charge in [0.2, 0.25) is 0 Å². The van der Waals surface area contributed by atoms with Crippen LogP contribution in [0, 0.1) is 0 Å². The number of phenolic OH excluding ortho intramolecular Hbond substituents is 1. The Morgan fingerprint density at radius 3 is 2.73 bits per heavy atom. The molecule has 80 valence electrons. The van der Waals surface area contributed by atoms with Gasteiger partial charge in [-0.25, -0.2) is 0 Å². The fourth-order valence-corrected chi connectivity index (χ4v) is 1.20. The van der Waals surface area contributed by atoms with Gasteiger partial charge in [0.05, 0.1) is 0 Å². The van der Waals surface area contributed by atoms with E-state index in [1.165, 1.54) is 18.2 Å². The molecule has 4 N–H and O–H groups in total. The van der Waals surface area contributed by atoms with E-state index in [0.29, 0.717) is 11.8 Å². The molecule has 15 heavy (non-hydrogen) atoms. The number of hydrogen-bond donors (Lipinski definition) is 3. The van der Waals surface area contributed by atoms with Crippen LogP contribution in [-0.4, -0.2) is 28.5 Å².